The second-order valence-electron chi connectivity index (χ2n) is 6.63. The van der Waals surface area contributed by atoms with E-state index in [1.807, 2.05) is 31.2 Å². The van der Waals surface area contributed by atoms with Crippen molar-refractivity contribution in [2.45, 2.75) is 32.6 Å². The lowest BCUT2D eigenvalue weighted by Crippen LogP contribution is -2.12. The number of rotatable bonds is 0. The van der Waals surface area contributed by atoms with Crippen LogP contribution in [-0.2, 0) is 12.8 Å². The predicted molar refractivity (Wildman–Crippen MR) is 96.7 cm³/mol. The lowest BCUT2D eigenvalue weighted by Gasteiger charge is -2.19. The predicted octanol–water partition coefficient (Wildman–Crippen LogP) is 4.68. The molecule has 0 fully saturated rings. The molecule has 3 nitrogen and oxygen atoms in total. The van der Waals surface area contributed by atoms with Gasteiger partial charge in [0, 0.05) is 16.5 Å². The topological polar surface area (TPSA) is 43.1 Å². The standard InChI is InChI=1S/C21H17NO2/c1-12-18-20(15-8-4-5-9-16(15)22-12)19-14-7-3-2-6-13(14)10-11-17(19)24-21(18)23/h2-3,6-7,10-11H,4-5,8-9H2,1H3. The Balaban J connectivity index is 2.15. The minimum Gasteiger partial charge on any atom is -0.422 e. The molecule has 2 heterocycles. The van der Waals surface area contributed by atoms with Crippen molar-refractivity contribution in [2.75, 3.05) is 0 Å². The van der Waals surface area contributed by atoms with Crippen LogP contribution < -0.4 is 5.63 Å². The van der Waals surface area contributed by atoms with Gasteiger partial charge >= 0.3 is 5.63 Å². The molecule has 4 aromatic rings. The van der Waals surface area contributed by atoms with Gasteiger partial charge in [-0.15, -0.1) is 0 Å². The summed E-state index contributed by atoms with van der Waals surface area (Å²) in [4.78, 5) is 17.4. The van der Waals surface area contributed by atoms with Crippen LogP contribution in [0.25, 0.3) is 32.5 Å². The average Bonchev–Trinajstić information content (AvgIpc) is 2.61. The van der Waals surface area contributed by atoms with Gasteiger partial charge in [-0.25, -0.2) is 4.79 Å². The number of pyridine rings is 1. The maximum atomic E-state index is 12.6. The van der Waals surface area contributed by atoms with Crippen molar-refractivity contribution < 1.29 is 4.42 Å². The molecule has 0 spiro atoms. The molecule has 1 aliphatic carbocycles. The normalized spacial score (nSPS) is 14.4. The number of fused-ring (bicyclic) bond motifs is 7. The minimum absolute atomic E-state index is 0.272. The fourth-order valence-corrected chi connectivity index (χ4v) is 4.14. The molecule has 2 aromatic heterocycles. The molecule has 0 N–H and O–H groups in total. The Kier molecular flexibility index (Phi) is 2.81. The Morgan fingerprint density at radius 1 is 0.958 bits per heavy atom. The third-order valence-electron chi connectivity index (χ3n) is 5.20. The molecule has 0 saturated carbocycles. The molecule has 0 saturated heterocycles. The molecule has 0 atom stereocenters. The summed E-state index contributed by atoms with van der Waals surface area (Å²) in [5, 5.41) is 5.09. The van der Waals surface area contributed by atoms with Crippen molar-refractivity contribution in [2.24, 2.45) is 0 Å². The Morgan fingerprint density at radius 2 is 1.79 bits per heavy atom. The third-order valence-corrected chi connectivity index (χ3v) is 5.20. The van der Waals surface area contributed by atoms with Crippen LogP contribution in [0.4, 0.5) is 0 Å². The van der Waals surface area contributed by atoms with E-state index in [9.17, 15) is 4.79 Å². The van der Waals surface area contributed by atoms with E-state index in [2.05, 4.69) is 12.1 Å². The Morgan fingerprint density at radius 3 is 2.71 bits per heavy atom. The molecule has 0 unspecified atom stereocenters. The second kappa shape index (κ2) is 4.91. The maximum absolute atomic E-state index is 12.6. The molecule has 0 aliphatic heterocycles. The van der Waals surface area contributed by atoms with E-state index in [0.29, 0.717) is 11.0 Å². The molecule has 0 amide bonds. The van der Waals surface area contributed by atoms with Crippen molar-refractivity contribution in [3.8, 4) is 0 Å². The summed E-state index contributed by atoms with van der Waals surface area (Å²) < 4.78 is 5.66. The first kappa shape index (κ1) is 13.7. The lowest BCUT2D eigenvalue weighted by atomic mass is 9.89. The van der Waals surface area contributed by atoms with Crippen molar-refractivity contribution >= 4 is 32.5 Å². The first-order valence-electron chi connectivity index (χ1n) is 8.50. The summed E-state index contributed by atoms with van der Waals surface area (Å²) >= 11 is 0. The summed E-state index contributed by atoms with van der Waals surface area (Å²) in [6, 6.07) is 12.2. The molecule has 5 rings (SSSR count). The first-order valence-corrected chi connectivity index (χ1v) is 8.50. The molecule has 24 heavy (non-hydrogen) atoms. The van der Waals surface area contributed by atoms with Crippen LogP contribution >= 0.6 is 0 Å². The highest BCUT2D eigenvalue weighted by Gasteiger charge is 2.21. The molecular weight excluding hydrogens is 298 g/mol. The summed E-state index contributed by atoms with van der Waals surface area (Å²) in [5.41, 5.74) is 3.59. The number of nitrogens with zero attached hydrogens (tertiary/aromatic N) is 1. The van der Waals surface area contributed by atoms with Crippen LogP contribution in [0.15, 0.2) is 45.6 Å². The Bertz CT molecular complexity index is 1190. The van der Waals surface area contributed by atoms with Crippen molar-refractivity contribution in [3.63, 3.8) is 0 Å². The fraction of sp³-hybridized carbons (Fsp3) is 0.238. The van der Waals surface area contributed by atoms with E-state index in [1.165, 1.54) is 17.4 Å². The zero-order valence-corrected chi connectivity index (χ0v) is 13.6. The number of hydrogen-bond acceptors (Lipinski definition) is 3. The van der Waals surface area contributed by atoms with Crippen LogP contribution in [0.2, 0.25) is 0 Å². The summed E-state index contributed by atoms with van der Waals surface area (Å²) in [5.74, 6) is 0. The zero-order valence-electron chi connectivity index (χ0n) is 13.6. The summed E-state index contributed by atoms with van der Waals surface area (Å²) in [6.45, 7) is 1.92. The van der Waals surface area contributed by atoms with Crippen molar-refractivity contribution in [3.05, 3.63) is 63.8 Å². The van der Waals surface area contributed by atoms with Gasteiger partial charge in [0.05, 0.1) is 11.1 Å². The van der Waals surface area contributed by atoms with Gasteiger partial charge in [-0.05, 0) is 55.0 Å². The highest BCUT2D eigenvalue weighted by atomic mass is 16.4. The molecule has 2 aromatic carbocycles. The molecule has 0 radical (unpaired) electrons. The van der Waals surface area contributed by atoms with Crippen LogP contribution in [0, 0.1) is 6.92 Å². The number of hydrogen-bond donors (Lipinski definition) is 0. The SMILES string of the molecule is Cc1nc2c(c3c1c(=O)oc1ccc4ccccc4c13)CCCC2. The van der Waals surface area contributed by atoms with Crippen LogP contribution in [-0.4, -0.2) is 4.98 Å². The molecule has 118 valence electrons. The van der Waals surface area contributed by atoms with Gasteiger partial charge < -0.3 is 4.42 Å². The monoisotopic (exact) mass is 315 g/mol. The van der Waals surface area contributed by atoms with Gasteiger partial charge in [-0.2, -0.15) is 0 Å². The number of aryl methyl sites for hydroxylation is 3. The second-order valence-corrected chi connectivity index (χ2v) is 6.63. The van der Waals surface area contributed by atoms with E-state index < -0.39 is 0 Å². The third kappa shape index (κ3) is 1.78. The van der Waals surface area contributed by atoms with E-state index in [1.54, 1.807) is 0 Å². The molecule has 0 bridgehead atoms. The fourth-order valence-electron chi connectivity index (χ4n) is 4.14. The molecule has 1 aliphatic rings. The smallest absolute Gasteiger partial charge is 0.346 e. The molecule has 3 heteroatoms. The van der Waals surface area contributed by atoms with E-state index in [-0.39, 0.29) is 5.63 Å². The highest BCUT2D eigenvalue weighted by Crippen LogP contribution is 2.36. The van der Waals surface area contributed by atoms with Crippen LogP contribution in [0.5, 0.6) is 0 Å². The molecular formula is C21H17NO2. The minimum atomic E-state index is -0.272. The zero-order chi connectivity index (χ0) is 16.3. The van der Waals surface area contributed by atoms with Gasteiger partial charge in [-0.1, -0.05) is 30.3 Å². The quantitative estimate of drug-likeness (QED) is 0.349. The largest absolute Gasteiger partial charge is 0.422 e. The van der Waals surface area contributed by atoms with E-state index in [4.69, 9.17) is 9.40 Å². The summed E-state index contributed by atoms with van der Waals surface area (Å²) in [7, 11) is 0. The van der Waals surface area contributed by atoms with Gasteiger partial charge in [0.15, 0.2) is 0 Å². The van der Waals surface area contributed by atoms with E-state index in [0.717, 1.165) is 46.8 Å². The number of aromatic nitrogens is 1. The van der Waals surface area contributed by atoms with Crippen molar-refractivity contribution in [1.82, 2.24) is 4.98 Å². The summed E-state index contributed by atoms with van der Waals surface area (Å²) in [6.07, 6.45) is 4.31. The maximum Gasteiger partial charge on any atom is 0.346 e. The van der Waals surface area contributed by atoms with Gasteiger partial charge in [-0.3, -0.25) is 4.98 Å². The van der Waals surface area contributed by atoms with Gasteiger partial charge in [0.25, 0.3) is 0 Å². The highest BCUT2D eigenvalue weighted by molar-refractivity contribution is 6.19. The average molecular weight is 315 g/mol. The Hall–Kier alpha value is -2.68. The van der Waals surface area contributed by atoms with Gasteiger partial charge in [0.1, 0.15) is 5.58 Å². The van der Waals surface area contributed by atoms with Crippen LogP contribution in [0.3, 0.4) is 0 Å². The number of benzene rings is 2. The van der Waals surface area contributed by atoms with Gasteiger partial charge in [0.2, 0.25) is 0 Å². The lowest BCUT2D eigenvalue weighted by molar-refractivity contribution is 0.568. The Labute approximate surface area is 138 Å². The van der Waals surface area contributed by atoms with E-state index >= 15 is 0 Å². The first-order chi connectivity index (χ1) is 11.7. The van der Waals surface area contributed by atoms with Crippen LogP contribution in [0.1, 0.15) is 29.8 Å². The van der Waals surface area contributed by atoms with Crippen molar-refractivity contribution in [1.29, 1.82) is 0 Å².